The van der Waals surface area contributed by atoms with E-state index in [1.54, 1.807) is 9.80 Å². The lowest BCUT2D eigenvalue weighted by atomic mass is 10.1. The van der Waals surface area contributed by atoms with Crippen molar-refractivity contribution in [2.24, 2.45) is 5.92 Å². The van der Waals surface area contributed by atoms with Crippen molar-refractivity contribution in [3.8, 4) is 0 Å². The Balaban J connectivity index is 1.56. The molecule has 2 aliphatic heterocycles. The van der Waals surface area contributed by atoms with Crippen LogP contribution in [0.1, 0.15) is 38.5 Å². The Morgan fingerprint density at radius 3 is 2.76 bits per heavy atom. The molecule has 0 aromatic carbocycles. The predicted octanol–water partition coefficient (Wildman–Crippen LogP) is 1.01. The molecule has 0 aromatic rings. The Hall–Kier alpha value is -1.06. The molecule has 17 heavy (non-hydrogen) atoms. The predicted molar refractivity (Wildman–Crippen MR) is 63.3 cm³/mol. The molecule has 1 saturated carbocycles. The van der Waals surface area contributed by atoms with Crippen molar-refractivity contribution in [1.29, 1.82) is 0 Å². The summed E-state index contributed by atoms with van der Waals surface area (Å²) in [6.07, 6.45) is 6.87. The Labute approximate surface area is 102 Å². The lowest BCUT2D eigenvalue weighted by molar-refractivity contribution is -0.153. The molecule has 3 rings (SSSR count). The van der Waals surface area contributed by atoms with E-state index in [-0.39, 0.29) is 17.9 Å². The molecule has 0 N–H and O–H groups in total. The van der Waals surface area contributed by atoms with Gasteiger partial charge in [-0.15, -0.1) is 0 Å². The van der Waals surface area contributed by atoms with Crippen LogP contribution in [0.25, 0.3) is 0 Å². The first-order valence-corrected chi connectivity index (χ1v) is 6.84. The number of fused-ring (bicyclic) bond motifs is 1. The van der Waals surface area contributed by atoms with Gasteiger partial charge >= 0.3 is 0 Å². The monoisotopic (exact) mass is 236 g/mol. The average Bonchev–Trinajstić information content (AvgIpc) is 2.99. The van der Waals surface area contributed by atoms with Crippen molar-refractivity contribution in [2.45, 2.75) is 44.6 Å². The van der Waals surface area contributed by atoms with Crippen LogP contribution < -0.4 is 0 Å². The third-order valence-electron chi connectivity index (χ3n) is 4.23. The second-order valence-corrected chi connectivity index (χ2v) is 5.59. The van der Waals surface area contributed by atoms with Gasteiger partial charge in [0.15, 0.2) is 0 Å². The van der Waals surface area contributed by atoms with Crippen LogP contribution in [0.2, 0.25) is 0 Å². The number of carbonyl (C=O) groups is 2. The normalized spacial score (nSPS) is 28.8. The molecule has 2 amide bonds. The van der Waals surface area contributed by atoms with Crippen LogP contribution in [0, 0.1) is 5.92 Å². The lowest BCUT2D eigenvalue weighted by Gasteiger charge is -2.36. The van der Waals surface area contributed by atoms with Crippen LogP contribution in [0.3, 0.4) is 0 Å². The van der Waals surface area contributed by atoms with Crippen LogP contribution in [0.15, 0.2) is 0 Å². The second kappa shape index (κ2) is 4.31. The maximum absolute atomic E-state index is 12.2. The molecular formula is C13H20N2O2. The Kier molecular flexibility index (Phi) is 2.81. The Morgan fingerprint density at radius 2 is 2.00 bits per heavy atom. The van der Waals surface area contributed by atoms with E-state index in [0.717, 1.165) is 38.3 Å². The average molecular weight is 236 g/mol. The molecule has 3 aliphatic rings. The third kappa shape index (κ3) is 2.17. The van der Waals surface area contributed by atoms with Gasteiger partial charge in [0.05, 0.1) is 6.54 Å². The minimum atomic E-state index is -0.128. The molecule has 1 atom stereocenters. The molecule has 1 aliphatic carbocycles. The Bertz CT molecular complexity index is 338. The maximum Gasteiger partial charge on any atom is 0.245 e. The van der Waals surface area contributed by atoms with E-state index < -0.39 is 0 Å². The maximum atomic E-state index is 12.2. The van der Waals surface area contributed by atoms with Gasteiger partial charge in [-0.05, 0) is 31.6 Å². The quantitative estimate of drug-likeness (QED) is 0.731. The number of nitrogens with zero attached hydrogens (tertiary/aromatic N) is 2. The van der Waals surface area contributed by atoms with Gasteiger partial charge < -0.3 is 9.80 Å². The van der Waals surface area contributed by atoms with E-state index in [2.05, 4.69) is 0 Å². The van der Waals surface area contributed by atoms with Gasteiger partial charge in [-0.2, -0.15) is 0 Å². The lowest BCUT2D eigenvalue weighted by Crippen LogP contribution is -2.57. The standard InChI is InChI=1S/C13H20N2O2/c16-12-9-14(7-1-3-10-5-6-10)13(17)11-4-2-8-15(11)12/h10-11H,1-9H2. The van der Waals surface area contributed by atoms with Gasteiger partial charge in [-0.3, -0.25) is 9.59 Å². The van der Waals surface area contributed by atoms with Crippen molar-refractivity contribution >= 4 is 11.8 Å². The highest BCUT2D eigenvalue weighted by Crippen LogP contribution is 2.33. The van der Waals surface area contributed by atoms with Crippen LogP contribution in [0.4, 0.5) is 0 Å². The summed E-state index contributed by atoms with van der Waals surface area (Å²) in [5, 5.41) is 0. The van der Waals surface area contributed by atoms with Gasteiger partial charge in [0, 0.05) is 13.1 Å². The first-order chi connectivity index (χ1) is 8.25. The summed E-state index contributed by atoms with van der Waals surface area (Å²) >= 11 is 0. The molecule has 0 bridgehead atoms. The summed E-state index contributed by atoms with van der Waals surface area (Å²) in [5.41, 5.74) is 0. The largest absolute Gasteiger partial charge is 0.332 e. The highest BCUT2D eigenvalue weighted by molar-refractivity contribution is 5.95. The first-order valence-electron chi connectivity index (χ1n) is 6.84. The fourth-order valence-corrected chi connectivity index (χ4v) is 3.03. The topological polar surface area (TPSA) is 40.6 Å². The zero-order chi connectivity index (χ0) is 11.8. The van der Waals surface area contributed by atoms with Gasteiger partial charge in [-0.25, -0.2) is 0 Å². The minimum absolute atomic E-state index is 0.128. The highest BCUT2D eigenvalue weighted by atomic mass is 16.2. The number of carbonyl (C=O) groups excluding carboxylic acids is 2. The number of hydrogen-bond acceptors (Lipinski definition) is 2. The minimum Gasteiger partial charge on any atom is -0.332 e. The molecule has 2 saturated heterocycles. The van der Waals surface area contributed by atoms with Gasteiger partial charge in [0.2, 0.25) is 11.8 Å². The van der Waals surface area contributed by atoms with Gasteiger partial charge in [0.1, 0.15) is 6.04 Å². The van der Waals surface area contributed by atoms with Crippen LogP contribution in [-0.4, -0.2) is 47.3 Å². The first kappa shape index (κ1) is 11.1. The second-order valence-electron chi connectivity index (χ2n) is 5.59. The molecule has 4 nitrogen and oxygen atoms in total. The zero-order valence-corrected chi connectivity index (χ0v) is 10.2. The van der Waals surface area contributed by atoms with Crippen molar-refractivity contribution < 1.29 is 9.59 Å². The van der Waals surface area contributed by atoms with E-state index in [9.17, 15) is 9.59 Å². The molecular weight excluding hydrogens is 216 g/mol. The summed E-state index contributed by atoms with van der Waals surface area (Å²) in [5.74, 6) is 1.25. The third-order valence-corrected chi connectivity index (χ3v) is 4.23. The molecule has 4 heteroatoms. The van der Waals surface area contributed by atoms with E-state index in [0.29, 0.717) is 6.54 Å². The molecule has 2 heterocycles. The molecule has 0 aromatic heterocycles. The van der Waals surface area contributed by atoms with E-state index in [1.807, 2.05) is 0 Å². The summed E-state index contributed by atoms with van der Waals surface area (Å²) in [6, 6.07) is -0.128. The molecule has 94 valence electrons. The van der Waals surface area contributed by atoms with Crippen molar-refractivity contribution in [3.63, 3.8) is 0 Å². The highest BCUT2D eigenvalue weighted by Gasteiger charge is 2.41. The fraction of sp³-hybridized carbons (Fsp3) is 0.846. The van der Waals surface area contributed by atoms with E-state index in [1.165, 1.54) is 19.3 Å². The summed E-state index contributed by atoms with van der Waals surface area (Å²) in [7, 11) is 0. The number of hydrogen-bond donors (Lipinski definition) is 0. The van der Waals surface area contributed by atoms with Crippen molar-refractivity contribution in [1.82, 2.24) is 9.80 Å². The smallest absolute Gasteiger partial charge is 0.245 e. The van der Waals surface area contributed by atoms with E-state index >= 15 is 0 Å². The van der Waals surface area contributed by atoms with E-state index in [4.69, 9.17) is 0 Å². The Morgan fingerprint density at radius 1 is 1.18 bits per heavy atom. The fourth-order valence-electron chi connectivity index (χ4n) is 3.03. The van der Waals surface area contributed by atoms with Crippen molar-refractivity contribution in [2.75, 3.05) is 19.6 Å². The van der Waals surface area contributed by atoms with Crippen molar-refractivity contribution in [3.05, 3.63) is 0 Å². The molecule has 1 unspecified atom stereocenters. The van der Waals surface area contributed by atoms with Crippen LogP contribution >= 0.6 is 0 Å². The number of amides is 2. The summed E-state index contributed by atoms with van der Waals surface area (Å²) in [6.45, 7) is 1.89. The summed E-state index contributed by atoms with van der Waals surface area (Å²) in [4.78, 5) is 27.6. The molecule has 0 spiro atoms. The van der Waals surface area contributed by atoms with Gasteiger partial charge in [-0.1, -0.05) is 12.8 Å². The van der Waals surface area contributed by atoms with Crippen LogP contribution in [-0.2, 0) is 9.59 Å². The number of rotatable bonds is 4. The van der Waals surface area contributed by atoms with Gasteiger partial charge in [0.25, 0.3) is 0 Å². The molecule has 3 fully saturated rings. The number of piperazine rings is 1. The van der Waals surface area contributed by atoms with Crippen LogP contribution in [0.5, 0.6) is 0 Å². The molecule has 0 radical (unpaired) electrons. The zero-order valence-electron chi connectivity index (χ0n) is 10.2. The SMILES string of the molecule is O=C1C2CCCN2C(=O)CN1CCCC1CC1. The summed E-state index contributed by atoms with van der Waals surface area (Å²) < 4.78 is 0.